The van der Waals surface area contributed by atoms with Crippen molar-refractivity contribution in [2.24, 2.45) is 0 Å². The molecule has 0 fully saturated rings. The average molecular weight is 303 g/mol. The van der Waals surface area contributed by atoms with Gasteiger partial charge in [-0.2, -0.15) is 8.78 Å². The molecule has 1 aromatic heterocycles. The Morgan fingerprint density at radius 1 is 1.19 bits per heavy atom. The van der Waals surface area contributed by atoms with E-state index in [-0.39, 0.29) is 12.1 Å². The van der Waals surface area contributed by atoms with Gasteiger partial charge < -0.3 is 9.73 Å². The van der Waals surface area contributed by atoms with Gasteiger partial charge in [0.1, 0.15) is 17.4 Å². The van der Waals surface area contributed by atoms with Crippen molar-refractivity contribution in [1.29, 1.82) is 0 Å². The van der Waals surface area contributed by atoms with E-state index in [1.165, 1.54) is 0 Å². The minimum atomic E-state index is -4.17. The first kappa shape index (κ1) is 15.8. The summed E-state index contributed by atoms with van der Waals surface area (Å²) in [5, 5.41) is 2.93. The van der Waals surface area contributed by atoms with Crippen LogP contribution in [0.5, 0.6) is 0 Å². The summed E-state index contributed by atoms with van der Waals surface area (Å²) < 4.78 is 59.0. The number of fused-ring (bicyclic) bond motifs is 1. The molecule has 1 heterocycles. The molecule has 0 spiro atoms. The van der Waals surface area contributed by atoms with E-state index < -0.39 is 18.4 Å². The van der Waals surface area contributed by atoms with Crippen molar-refractivity contribution in [2.45, 2.75) is 38.7 Å². The van der Waals surface area contributed by atoms with Crippen molar-refractivity contribution in [3.05, 3.63) is 35.6 Å². The van der Waals surface area contributed by atoms with E-state index in [9.17, 15) is 17.6 Å². The second-order valence-electron chi connectivity index (χ2n) is 4.75. The molecule has 0 bridgehead atoms. The number of aryl methyl sites for hydroxylation is 1. The van der Waals surface area contributed by atoms with Gasteiger partial charge in [0.2, 0.25) is 0 Å². The number of halogens is 4. The molecule has 116 valence electrons. The summed E-state index contributed by atoms with van der Waals surface area (Å²) in [4.78, 5) is 0. The number of hydrogen-bond donors (Lipinski definition) is 1. The Kier molecular flexibility index (Phi) is 4.56. The second-order valence-corrected chi connectivity index (χ2v) is 4.75. The molecule has 0 radical (unpaired) electrons. The van der Waals surface area contributed by atoms with E-state index in [1.54, 1.807) is 38.1 Å². The third-order valence-electron chi connectivity index (χ3n) is 3.40. The van der Waals surface area contributed by atoms with Crippen LogP contribution in [0.1, 0.15) is 31.2 Å². The standard InChI is InChI=1S/C15H17F4NO/c1-3-10-12(9-7-5-6-8-11(9)21-10)13(20-4-2)15(18,19)14(16)17/h5-8,13-14,20H,3-4H2,1-2H3. The van der Waals surface area contributed by atoms with Gasteiger partial charge >= 0.3 is 12.3 Å². The molecular formula is C15H17F4NO. The predicted octanol–water partition coefficient (Wildman–Crippen LogP) is 4.55. The van der Waals surface area contributed by atoms with Crippen LogP contribution in [0.15, 0.2) is 28.7 Å². The van der Waals surface area contributed by atoms with Crippen LogP contribution in [-0.2, 0) is 6.42 Å². The van der Waals surface area contributed by atoms with E-state index in [0.29, 0.717) is 23.2 Å². The van der Waals surface area contributed by atoms with E-state index in [2.05, 4.69) is 5.32 Å². The highest BCUT2D eigenvalue weighted by atomic mass is 19.3. The topological polar surface area (TPSA) is 25.2 Å². The Labute approximate surface area is 120 Å². The number of para-hydroxylation sites is 1. The molecule has 0 aliphatic heterocycles. The van der Waals surface area contributed by atoms with Crippen LogP contribution in [0.3, 0.4) is 0 Å². The van der Waals surface area contributed by atoms with Crippen molar-refractivity contribution in [1.82, 2.24) is 5.32 Å². The highest BCUT2D eigenvalue weighted by Crippen LogP contribution is 2.42. The Balaban J connectivity index is 2.64. The van der Waals surface area contributed by atoms with Crippen LogP contribution in [-0.4, -0.2) is 18.9 Å². The molecule has 0 saturated heterocycles. The van der Waals surface area contributed by atoms with Crippen molar-refractivity contribution in [3.63, 3.8) is 0 Å². The molecule has 6 heteroatoms. The molecule has 2 aromatic rings. The van der Waals surface area contributed by atoms with Crippen LogP contribution < -0.4 is 5.32 Å². The van der Waals surface area contributed by atoms with Crippen molar-refractivity contribution in [2.75, 3.05) is 6.54 Å². The van der Waals surface area contributed by atoms with E-state index in [0.717, 1.165) is 0 Å². The fraction of sp³-hybridized carbons (Fsp3) is 0.467. The minimum absolute atomic E-state index is 0.125. The fourth-order valence-corrected chi connectivity index (χ4v) is 2.46. The first-order valence-electron chi connectivity index (χ1n) is 6.83. The van der Waals surface area contributed by atoms with E-state index in [4.69, 9.17) is 4.42 Å². The minimum Gasteiger partial charge on any atom is -0.461 e. The third-order valence-corrected chi connectivity index (χ3v) is 3.40. The molecular weight excluding hydrogens is 286 g/mol. The Morgan fingerprint density at radius 3 is 2.43 bits per heavy atom. The highest BCUT2D eigenvalue weighted by molar-refractivity contribution is 5.83. The number of benzene rings is 1. The smallest absolute Gasteiger partial charge is 0.326 e. The monoisotopic (exact) mass is 303 g/mol. The quantitative estimate of drug-likeness (QED) is 0.792. The number of nitrogens with one attached hydrogen (secondary N) is 1. The van der Waals surface area contributed by atoms with Gasteiger partial charge in [-0.15, -0.1) is 0 Å². The van der Waals surface area contributed by atoms with Crippen molar-refractivity contribution >= 4 is 11.0 Å². The molecule has 2 rings (SSSR count). The third kappa shape index (κ3) is 2.77. The fourth-order valence-electron chi connectivity index (χ4n) is 2.46. The van der Waals surface area contributed by atoms with E-state index >= 15 is 0 Å². The van der Waals surface area contributed by atoms with Gasteiger partial charge in [-0.25, -0.2) is 8.78 Å². The summed E-state index contributed by atoms with van der Waals surface area (Å²) in [5.41, 5.74) is 0.553. The van der Waals surface area contributed by atoms with Crippen LogP contribution in [0.2, 0.25) is 0 Å². The largest absolute Gasteiger partial charge is 0.461 e. The summed E-state index contributed by atoms with van der Waals surface area (Å²) in [6.45, 7) is 3.49. The van der Waals surface area contributed by atoms with Gasteiger partial charge in [0.25, 0.3) is 0 Å². The Morgan fingerprint density at radius 2 is 1.86 bits per heavy atom. The second kappa shape index (κ2) is 6.05. The van der Waals surface area contributed by atoms with Gasteiger partial charge in [0.15, 0.2) is 0 Å². The molecule has 1 N–H and O–H groups in total. The zero-order valence-corrected chi connectivity index (χ0v) is 11.8. The summed E-state index contributed by atoms with van der Waals surface area (Å²) in [7, 11) is 0. The molecule has 2 nitrogen and oxygen atoms in total. The summed E-state index contributed by atoms with van der Waals surface area (Å²) >= 11 is 0. The number of furan rings is 1. The van der Waals surface area contributed by atoms with Crippen molar-refractivity contribution in [3.8, 4) is 0 Å². The van der Waals surface area contributed by atoms with Gasteiger partial charge in [-0.1, -0.05) is 32.0 Å². The first-order valence-corrected chi connectivity index (χ1v) is 6.83. The molecule has 21 heavy (non-hydrogen) atoms. The lowest BCUT2D eigenvalue weighted by atomic mass is 9.96. The zero-order chi connectivity index (χ0) is 15.6. The molecule has 0 amide bonds. The molecule has 0 aliphatic carbocycles. The molecule has 1 aromatic carbocycles. The maximum absolute atomic E-state index is 14.0. The maximum Gasteiger partial charge on any atom is 0.326 e. The highest BCUT2D eigenvalue weighted by Gasteiger charge is 2.50. The van der Waals surface area contributed by atoms with Gasteiger partial charge in [-0.05, 0) is 12.6 Å². The van der Waals surface area contributed by atoms with Gasteiger partial charge in [0.05, 0.1) is 0 Å². The van der Waals surface area contributed by atoms with Crippen molar-refractivity contribution < 1.29 is 22.0 Å². The van der Waals surface area contributed by atoms with Crippen LogP contribution in [0, 0.1) is 0 Å². The first-order chi connectivity index (χ1) is 9.93. The lowest BCUT2D eigenvalue weighted by molar-refractivity contribution is -0.151. The van der Waals surface area contributed by atoms with Crippen LogP contribution >= 0.6 is 0 Å². The lowest BCUT2D eigenvalue weighted by Crippen LogP contribution is -2.42. The number of rotatable bonds is 6. The zero-order valence-electron chi connectivity index (χ0n) is 11.8. The normalized spacial score (nSPS) is 14.0. The van der Waals surface area contributed by atoms with E-state index in [1.807, 2.05) is 0 Å². The SMILES string of the molecule is CCNC(c1c(CC)oc2ccccc12)C(F)(F)C(F)F. The predicted molar refractivity (Wildman–Crippen MR) is 73.0 cm³/mol. The Bertz CT molecular complexity index is 609. The molecule has 1 atom stereocenters. The molecule has 0 saturated carbocycles. The summed E-state index contributed by atoms with van der Waals surface area (Å²) in [6.07, 6.45) is -3.40. The lowest BCUT2D eigenvalue weighted by Gasteiger charge is -2.27. The average Bonchev–Trinajstić information content (AvgIpc) is 2.82. The number of hydrogen-bond acceptors (Lipinski definition) is 2. The molecule has 0 aliphatic rings. The van der Waals surface area contributed by atoms with Gasteiger partial charge in [0, 0.05) is 17.4 Å². The van der Waals surface area contributed by atoms with Gasteiger partial charge in [-0.3, -0.25) is 0 Å². The van der Waals surface area contributed by atoms with Crippen LogP contribution in [0.4, 0.5) is 17.6 Å². The summed E-state index contributed by atoms with van der Waals surface area (Å²) in [5.74, 6) is -3.87. The molecule has 1 unspecified atom stereocenters. The maximum atomic E-state index is 14.0. The number of alkyl halides is 4. The van der Waals surface area contributed by atoms with Crippen LogP contribution in [0.25, 0.3) is 11.0 Å². The summed E-state index contributed by atoms with van der Waals surface area (Å²) in [6, 6.07) is 4.86. The Hall–Kier alpha value is -1.56.